The molecule has 0 aliphatic carbocycles. The summed E-state index contributed by atoms with van der Waals surface area (Å²) in [6.07, 6.45) is 3.44. The number of aromatic nitrogens is 2. The third-order valence-electron chi connectivity index (χ3n) is 2.10. The Morgan fingerprint density at radius 3 is 3.00 bits per heavy atom. The van der Waals surface area contributed by atoms with Crippen LogP contribution in [0.3, 0.4) is 0 Å². The Hall–Kier alpha value is -1.83. The first-order valence-corrected chi connectivity index (χ1v) is 4.32. The number of rotatable bonds is 3. The van der Waals surface area contributed by atoms with E-state index in [0.29, 0.717) is 17.9 Å². The zero-order chi connectivity index (χ0) is 10.6. The van der Waals surface area contributed by atoms with Crippen molar-refractivity contribution in [3.63, 3.8) is 0 Å². The molecule has 5 heteroatoms. The summed E-state index contributed by atoms with van der Waals surface area (Å²) in [5, 5.41) is 8.56. The molecule has 0 aliphatic heterocycles. The molecule has 1 atom stereocenters. The van der Waals surface area contributed by atoms with Crippen molar-refractivity contribution in [2.24, 2.45) is 0 Å². The van der Waals surface area contributed by atoms with Gasteiger partial charge in [-0.1, -0.05) is 0 Å². The van der Waals surface area contributed by atoms with Crippen LogP contribution < -0.4 is 10.6 Å². The quantitative estimate of drug-likeness (QED) is 0.764. The SMILES string of the molecule is CC(CC#N)N(C)c1ncncc1N. The van der Waals surface area contributed by atoms with Gasteiger partial charge in [0.1, 0.15) is 6.33 Å². The largest absolute Gasteiger partial charge is 0.394 e. The predicted octanol–water partition coefficient (Wildman–Crippen LogP) is 0.797. The van der Waals surface area contributed by atoms with Gasteiger partial charge in [0, 0.05) is 13.1 Å². The van der Waals surface area contributed by atoms with Crippen molar-refractivity contribution in [3.8, 4) is 6.07 Å². The molecule has 0 saturated heterocycles. The Balaban J connectivity index is 2.84. The fourth-order valence-corrected chi connectivity index (χ4v) is 1.11. The second kappa shape index (κ2) is 4.42. The molecule has 0 amide bonds. The molecule has 0 saturated carbocycles. The monoisotopic (exact) mass is 191 g/mol. The van der Waals surface area contributed by atoms with Gasteiger partial charge in [0.05, 0.1) is 24.4 Å². The van der Waals surface area contributed by atoms with E-state index in [0.717, 1.165) is 0 Å². The van der Waals surface area contributed by atoms with Crippen LogP contribution in [0.15, 0.2) is 12.5 Å². The lowest BCUT2D eigenvalue weighted by Crippen LogP contribution is -2.29. The lowest BCUT2D eigenvalue weighted by Gasteiger charge is -2.24. The zero-order valence-electron chi connectivity index (χ0n) is 8.31. The molecule has 0 aliphatic rings. The number of nitrogens with two attached hydrogens (primary N) is 1. The van der Waals surface area contributed by atoms with Crippen LogP contribution in [0.1, 0.15) is 13.3 Å². The van der Waals surface area contributed by atoms with E-state index in [1.54, 1.807) is 6.20 Å². The molecule has 1 aromatic rings. The van der Waals surface area contributed by atoms with Gasteiger partial charge in [-0.2, -0.15) is 5.26 Å². The van der Waals surface area contributed by atoms with E-state index in [1.807, 2.05) is 18.9 Å². The summed E-state index contributed by atoms with van der Waals surface area (Å²) >= 11 is 0. The van der Waals surface area contributed by atoms with Crippen molar-refractivity contribution in [3.05, 3.63) is 12.5 Å². The van der Waals surface area contributed by atoms with Crippen molar-refractivity contribution in [1.29, 1.82) is 5.26 Å². The molecular formula is C9H13N5. The first kappa shape index (κ1) is 10.3. The highest BCUT2D eigenvalue weighted by Gasteiger charge is 2.12. The lowest BCUT2D eigenvalue weighted by molar-refractivity contribution is 0.694. The van der Waals surface area contributed by atoms with Crippen molar-refractivity contribution < 1.29 is 0 Å². The number of hydrogen-bond acceptors (Lipinski definition) is 5. The van der Waals surface area contributed by atoms with Gasteiger partial charge in [0.25, 0.3) is 0 Å². The van der Waals surface area contributed by atoms with Crippen molar-refractivity contribution in [2.75, 3.05) is 17.7 Å². The zero-order valence-corrected chi connectivity index (χ0v) is 8.31. The van der Waals surface area contributed by atoms with Crippen LogP contribution in [-0.4, -0.2) is 23.1 Å². The van der Waals surface area contributed by atoms with E-state index in [1.165, 1.54) is 6.33 Å². The maximum atomic E-state index is 8.56. The fourth-order valence-electron chi connectivity index (χ4n) is 1.11. The fraction of sp³-hybridized carbons (Fsp3) is 0.444. The standard InChI is InChI=1S/C9H13N5/c1-7(3-4-10)14(2)9-8(11)5-12-6-13-9/h5-7H,3,11H2,1-2H3. The lowest BCUT2D eigenvalue weighted by atomic mass is 10.2. The smallest absolute Gasteiger partial charge is 0.155 e. The van der Waals surface area contributed by atoms with Crippen LogP contribution in [0.2, 0.25) is 0 Å². The minimum Gasteiger partial charge on any atom is -0.394 e. The number of hydrogen-bond donors (Lipinski definition) is 1. The van der Waals surface area contributed by atoms with E-state index in [9.17, 15) is 0 Å². The van der Waals surface area contributed by atoms with E-state index < -0.39 is 0 Å². The third kappa shape index (κ3) is 2.10. The molecule has 74 valence electrons. The summed E-state index contributed by atoms with van der Waals surface area (Å²) in [6.45, 7) is 1.95. The Morgan fingerprint density at radius 2 is 2.43 bits per heavy atom. The number of nitrogens with zero attached hydrogens (tertiary/aromatic N) is 4. The van der Waals surface area contributed by atoms with Gasteiger partial charge in [-0.3, -0.25) is 0 Å². The molecule has 14 heavy (non-hydrogen) atoms. The maximum Gasteiger partial charge on any atom is 0.155 e. The molecule has 2 N–H and O–H groups in total. The summed E-state index contributed by atoms with van der Waals surface area (Å²) in [5.74, 6) is 0.669. The summed E-state index contributed by atoms with van der Waals surface area (Å²) in [4.78, 5) is 9.74. The molecule has 1 unspecified atom stereocenters. The van der Waals surface area contributed by atoms with Crippen LogP contribution in [0.25, 0.3) is 0 Å². The van der Waals surface area contributed by atoms with Crippen LogP contribution in [0.5, 0.6) is 0 Å². The van der Waals surface area contributed by atoms with Crippen LogP contribution >= 0.6 is 0 Å². The summed E-state index contributed by atoms with van der Waals surface area (Å²) in [7, 11) is 1.86. The van der Waals surface area contributed by atoms with Gasteiger partial charge in [-0.05, 0) is 6.92 Å². The van der Waals surface area contributed by atoms with Gasteiger partial charge in [0.2, 0.25) is 0 Å². The molecule has 0 fully saturated rings. The van der Waals surface area contributed by atoms with Crippen molar-refractivity contribution >= 4 is 11.5 Å². The highest BCUT2D eigenvalue weighted by molar-refractivity contribution is 5.60. The Bertz CT molecular complexity index is 343. The molecule has 0 spiro atoms. The Morgan fingerprint density at radius 1 is 1.71 bits per heavy atom. The second-order valence-electron chi connectivity index (χ2n) is 3.12. The van der Waals surface area contributed by atoms with Crippen LogP contribution in [0, 0.1) is 11.3 Å². The van der Waals surface area contributed by atoms with Gasteiger partial charge in [-0.15, -0.1) is 0 Å². The first-order chi connectivity index (χ1) is 6.66. The third-order valence-corrected chi connectivity index (χ3v) is 2.10. The summed E-state index contributed by atoms with van der Waals surface area (Å²) in [6, 6.07) is 2.21. The van der Waals surface area contributed by atoms with Crippen LogP contribution in [0.4, 0.5) is 11.5 Å². The van der Waals surface area contributed by atoms with E-state index in [2.05, 4.69) is 16.0 Å². The molecule has 0 aromatic carbocycles. The average Bonchev–Trinajstić information content (AvgIpc) is 2.18. The van der Waals surface area contributed by atoms with Crippen molar-refractivity contribution in [2.45, 2.75) is 19.4 Å². The molecule has 1 aromatic heterocycles. The molecule has 5 nitrogen and oxygen atoms in total. The maximum absolute atomic E-state index is 8.56. The van der Waals surface area contributed by atoms with E-state index >= 15 is 0 Å². The summed E-state index contributed by atoms with van der Waals surface area (Å²) in [5.41, 5.74) is 6.23. The molecule has 0 radical (unpaired) electrons. The predicted molar refractivity (Wildman–Crippen MR) is 54.5 cm³/mol. The average molecular weight is 191 g/mol. The number of nitriles is 1. The van der Waals surface area contributed by atoms with Crippen molar-refractivity contribution in [1.82, 2.24) is 9.97 Å². The topological polar surface area (TPSA) is 78.8 Å². The minimum atomic E-state index is 0.0946. The molecular weight excluding hydrogens is 178 g/mol. The van der Waals surface area contributed by atoms with Gasteiger partial charge < -0.3 is 10.6 Å². The normalized spacial score (nSPS) is 11.8. The molecule has 0 bridgehead atoms. The molecule has 1 heterocycles. The highest BCUT2D eigenvalue weighted by Crippen LogP contribution is 2.19. The second-order valence-corrected chi connectivity index (χ2v) is 3.12. The van der Waals surface area contributed by atoms with E-state index in [-0.39, 0.29) is 6.04 Å². The summed E-state index contributed by atoms with van der Waals surface area (Å²) < 4.78 is 0. The van der Waals surface area contributed by atoms with Gasteiger partial charge >= 0.3 is 0 Å². The Labute approximate surface area is 83.2 Å². The van der Waals surface area contributed by atoms with E-state index in [4.69, 9.17) is 11.0 Å². The first-order valence-electron chi connectivity index (χ1n) is 4.32. The van der Waals surface area contributed by atoms with Gasteiger partial charge in [0.15, 0.2) is 5.82 Å². The number of anilines is 2. The Kier molecular flexibility index (Phi) is 3.24. The van der Waals surface area contributed by atoms with Gasteiger partial charge in [-0.25, -0.2) is 9.97 Å². The highest BCUT2D eigenvalue weighted by atomic mass is 15.2. The number of nitrogen functional groups attached to an aromatic ring is 1. The molecule has 1 rings (SSSR count). The minimum absolute atomic E-state index is 0.0946. The van der Waals surface area contributed by atoms with Crippen LogP contribution in [-0.2, 0) is 0 Å².